The Morgan fingerprint density at radius 3 is 3.00 bits per heavy atom. The van der Waals surface area contributed by atoms with Crippen molar-refractivity contribution in [2.45, 2.75) is 25.0 Å². The molecule has 2 aromatic rings. The fraction of sp³-hybridized carbons (Fsp3) is 0.375. The number of thioether (sulfide) groups is 1. The summed E-state index contributed by atoms with van der Waals surface area (Å²) in [6.07, 6.45) is 0.218. The molecule has 2 aliphatic rings. The fourth-order valence-corrected chi connectivity index (χ4v) is 4.00. The molecular formula is C16H17N5O2S. The first-order chi connectivity index (χ1) is 11.6. The summed E-state index contributed by atoms with van der Waals surface area (Å²) in [6, 6.07) is 7.72. The molecule has 1 saturated heterocycles. The number of carbonyl (C=O) groups is 2. The van der Waals surface area contributed by atoms with Crippen molar-refractivity contribution < 1.29 is 9.59 Å². The summed E-state index contributed by atoms with van der Waals surface area (Å²) < 4.78 is 1.90. The lowest BCUT2D eigenvalue weighted by Crippen LogP contribution is -2.29. The Morgan fingerprint density at radius 2 is 2.17 bits per heavy atom. The first-order valence-corrected chi connectivity index (χ1v) is 8.85. The lowest BCUT2D eigenvalue weighted by molar-refractivity contribution is -0.122. The van der Waals surface area contributed by atoms with Crippen LogP contribution in [0.5, 0.6) is 0 Å². The Hall–Kier alpha value is -2.35. The molecule has 0 aliphatic carbocycles. The molecule has 1 atom stereocenters. The number of hydrogen-bond acceptors (Lipinski definition) is 5. The Kier molecular flexibility index (Phi) is 3.76. The molecule has 0 saturated carbocycles. The van der Waals surface area contributed by atoms with Crippen molar-refractivity contribution in [3.05, 3.63) is 29.8 Å². The molecule has 4 rings (SSSR count). The molecule has 2 aliphatic heterocycles. The number of aryl methyl sites for hydroxylation is 1. The maximum absolute atomic E-state index is 12.5. The summed E-state index contributed by atoms with van der Waals surface area (Å²) in [6.45, 7) is 3.15. The summed E-state index contributed by atoms with van der Waals surface area (Å²) >= 11 is 1.62. The monoisotopic (exact) mass is 343 g/mol. The predicted molar refractivity (Wildman–Crippen MR) is 91.0 cm³/mol. The van der Waals surface area contributed by atoms with Crippen LogP contribution in [0.1, 0.15) is 12.0 Å². The first-order valence-electron chi connectivity index (χ1n) is 7.86. The molecule has 1 unspecified atom stereocenters. The van der Waals surface area contributed by atoms with Crippen molar-refractivity contribution in [2.75, 3.05) is 22.5 Å². The molecule has 2 amide bonds. The van der Waals surface area contributed by atoms with E-state index >= 15 is 0 Å². The Labute approximate surface area is 143 Å². The average molecular weight is 343 g/mol. The van der Waals surface area contributed by atoms with E-state index in [1.807, 2.05) is 35.8 Å². The molecular weight excluding hydrogens is 326 g/mol. The van der Waals surface area contributed by atoms with Crippen LogP contribution in [0, 0.1) is 12.8 Å². The summed E-state index contributed by atoms with van der Waals surface area (Å²) in [5, 5.41) is 11.7. The molecule has 7 nitrogen and oxygen atoms in total. The van der Waals surface area contributed by atoms with Crippen LogP contribution in [0.15, 0.2) is 29.4 Å². The highest BCUT2D eigenvalue weighted by Gasteiger charge is 2.36. The number of anilines is 2. The topological polar surface area (TPSA) is 80.1 Å². The smallest absolute Gasteiger partial charge is 0.232 e. The van der Waals surface area contributed by atoms with Gasteiger partial charge in [0, 0.05) is 31.0 Å². The molecule has 124 valence electrons. The van der Waals surface area contributed by atoms with Crippen LogP contribution < -0.4 is 10.2 Å². The van der Waals surface area contributed by atoms with Gasteiger partial charge in [-0.25, -0.2) is 0 Å². The zero-order chi connectivity index (χ0) is 16.7. The quantitative estimate of drug-likeness (QED) is 0.917. The third kappa shape index (κ3) is 2.56. The van der Waals surface area contributed by atoms with Crippen LogP contribution in [0.3, 0.4) is 0 Å². The van der Waals surface area contributed by atoms with Gasteiger partial charge in [-0.15, -0.1) is 10.2 Å². The molecule has 3 heterocycles. The van der Waals surface area contributed by atoms with Crippen LogP contribution in [0.25, 0.3) is 0 Å². The molecule has 8 heteroatoms. The zero-order valence-corrected chi connectivity index (χ0v) is 14.0. The number of aromatic nitrogens is 3. The highest BCUT2D eigenvalue weighted by molar-refractivity contribution is 7.99. The number of carbonyl (C=O) groups excluding carboxylic acids is 2. The van der Waals surface area contributed by atoms with Gasteiger partial charge in [0.2, 0.25) is 17.8 Å². The van der Waals surface area contributed by atoms with E-state index in [-0.39, 0.29) is 24.2 Å². The van der Waals surface area contributed by atoms with Gasteiger partial charge < -0.3 is 4.90 Å². The SMILES string of the molecule is Cc1ccccc1N1CC(C(=O)Nc2nnc3n2CCS3)CC1=O. The van der Waals surface area contributed by atoms with Gasteiger partial charge in [-0.2, -0.15) is 0 Å². The Balaban J connectivity index is 1.48. The summed E-state index contributed by atoms with van der Waals surface area (Å²) in [7, 11) is 0. The summed E-state index contributed by atoms with van der Waals surface area (Å²) in [5.41, 5.74) is 1.90. The predicted octanol–water partition coefficient (Wildman–Crippen LogP) is 1.68. The third-order valence-electron chi connectivity index (χ3n) is 4.40. The number of rotatable bonds is 3. The third-order valence-corrected chi connectivity index (χ3v) is 5.35. The van der Waals surface area contributed by atoms with E-state index in [0.29, 0.717) is 12.5 Å². The Morgan fingerprint density at radius 1 is 1.33 bits per heavy atom. The minimum Gasteiger partial charge on any atom is -0.311 e. The van der Waals surface area contributed by atoms with Gasteiger partial charge in [0.15, 0.2) is 5.16 Å². The number of nitrogens with zero attached hydrogens (tertiary/aromatic N) is 4. The van der Waals surface area contributed by atoms with Gasteiger partial charge in [-0.1, -0.05) is 30.0 Å². The standard InChI is InChI=1S/C16H17N5O2S/c1-10-4-2-3-5-12(10)21-9-11(8-13(21)22)14(23)17-15-18-19-16-20(15)6-7-24-16/h2-5,11H,6-9H2,1H3,(H,17,18,23). The number of para-hydroxylation sites is 1. The number of fused-ring (bicyclic) bond motifs is 1. The van der Waals surface area contributed by atoms with Gasteiger partial charge in [0.25, 0.3) is 0 Å². The lowest BCUT2D eigenvalue weighted by atomic mass is 10.1. The van der Waals surface area contributed by atoms with Gasteiger partial charge in [0.05, 0.1) is 5.92 Å². The minimum absolute atomic E-state index is 0.0218. The summed E-state index contributed by atoms with van der Waals surface area (Å²) in [5.74, 6) is 0.843. The molecule has 24 heavy (non-hydrogen) atoms. The molecule has 1 N–H and O–H groups in total. The second-order valence-electron chi connectivity index (χ2n) is 5.99. The normalized spacial score (nSPS) is 19.6. The highest BCUT2D eigenvalue weighted by Crippen LogP contribution is 2.29. The molecule has 0 spiro atoms. The average Bonchev–Trinajstić information content (AvgIpc) is 3.25. The van der Waals surface area contributed by atoms with Crippen LogP contribution >= 0.6 is 11.8 Å². The Bertz CT molecular complexity index is 819. The van der Waals surface area contributed by atoms with Crippen molar-refractivity contribution in [1.29, 1.82) is 0 Å². The van der Waals surface area contributed by atoms with E-state index in [1.165, 1.54) is 0 Å². The van der Waals surface area contributed by atoms with E-state index in [9.17, 15) is 9.59 Å². The lowest BCUT2D eigenvalue weighted by Gasteiger charge is -2.18. The largest absolute Gasteiger partial charge is 0.311 e. The van der Waals surface area contributed by atoms with Gasteiger partial charge in [-0.3, -0.25) is 19.5 Å². The van der Waals surface area contributed by atoms with Crippen LogP contribution in [0.4, 0.5) is 11.6 Å². The van der Waals surface area contributed by atoms with Crippen molar-refractivity contribution in [2.24, 2.45) is 5.92 Å². The maximum atomic E-state index is 12.5. The van der Waals surface area contributed by atoms with Crippen molar-refractivity contribution in [3.8, 4) is 0 Å². The van der Waals surface area contributed by atoms with Crippen molar-refractivity contribution in [3.63, 3.8) is 0 Å². The number of benzene rings is 1. The zero-order valence-electron chi connectivity index (χ0n) is 13.2. The van der Waals surface area contributed by atoms with E-state index in [4.69, 9.17) is 0 Å². The van der Waals surface area contributed by atoms with Crippen LogP contribution in [0.2, 0.25) is 0 Å². The number of hydrogen-bond donors (Lipinski definition) is 1. The first kappa shape index (κ1) is 15.2. The van der Waals surface area contributed by atoms with Crippen LogP contribution in [-0.4, -0.2) is 38.9 Å². The molecule has 1 aromatic carbocycles. The molecule has 0 radical (unpaired) electrons. The van der Waals surface area contributed by atoms with Gasteiger partial charge >= 0.3 is 0 Å². The van der Waals surface area contributed by atoms with E-state index in [1.54, 1.807) is 16.7 Å². The molecule has 1 aromatic heterocycles. The van der Waals surface area contributed by atoms with E-state index in [2.05, 4.69) is 15.5 Å². The molecule has 1 fully saturated rings. The maximum Gasteiger partial charge on any atom is 0.232 e. The van der Waals surface area contributed by atoms with E-state index < -0.39 is 0 Å². The number of amides is 2. The van der Waals surface area contributed by atoms with Crippen molar-refractivity contribution >= 4 is 35.2 Å². The second kappa shape index (κ2) is 5.94. The number of nitrogens with one attached hydrogen (secondary N) is 1. The summed E-state index contributed by atoms with van der Waals surface area (Å²) in [4.78, 5) is 26.6. The van der Waals surface area contributed by atoms with Crippen molar-refractivity contribution in [1.82, 2.24) is 14.8 Å². The second-order valence-corrected chi connectivity index (χ2v) is 7.05. The van der Waals surface area contributed by atoms with Gasteiger partial charge in [-0.05, 0) is 18.6 Å². The molecule has 0 bridgehead atoms. The minimum atomic E-state index is -0.376. The van der Waals surface area contributed by atoms with Gasteiger partial charge in [0.1, 0.15) is 0 Å². The van der Waals surface area contributed by atoms with E-state index in [0.717, 1.165) is 28.7 Å². The van der Waals surface area contributed by atoms with Crippen LogP contribution in [-0.2, 0) is 16.1 Å². The fourth-order valence-electron chi connectivity index (χ4n) is 3.11. The highest BCUT2D eigenvalue weighted by atomic mass is 32.2.